The summed E-state index contributed by atoms with van der Waals surface area (Å²) in [6.07, 6.45) is 0.309. The number of hydrogen-bond donors (Lipinski definition) is 2. The zero-order valence-corrected chi connectivity index (χ0v) is 15.5. The second-order valence-electron chi connectivity index (χ2n) is 6.33. The Morgan fingerprint density at radius 1 is 1.31 bits per heavy atom. The van der Waals surface area contributed by atoms with Gasteiger partial charge in [0.2, 0.25) is 11.8 Å². The van der Waals surface area contributed by atoms with Crippen molar-refractivity contribution in [2.24, 2.45) is 5.92 Å². The van der Waals surface area contributed by atoms with Crippen LogP contribution in [-0.4, -0.2) is 51.2 Å². The number of nitrogens with one attached hydrogen (secondary N) is 1. The summed E-state index contributed by atoms with van der Waals surface area (Å²) in [7, 11) is 0. The second-order valence-corrected chi connectivity index (χ2v) is 7.52. The monoisotopic (exact) mass is 378 g/mol. The van der Waals surface area contributed by atoms with E-state index in [2.05, 4.69) is 5.32 Å². The zero-order chi connectivity index (χ0) is 19.3. The molecule has 2 N–H and O–H groups in total. The van der Waals surface area contributed by atoms with E-state index in [0.717, 1.165) is 22.9 Å². The van der Waals surface area contributed by atoms with E-state index < -0.39 is 30.4 Å². The van der Waals surface area contributed by atoms with Crippen LogP contribution in [0.25, 0.3) is 0 Å². The molecule has 7 nitrogen and oxygen atoms in total. The minimum Gasteiger partial charge on any atom is -0.480 e. The van der Waals surface area contributed by atoms with Crippen LogP contribution in [-0.2, 0) is 32.1 Å². The molecule has 0 bridgehead atoms. The standard InChI is InChI=1S/C18H22N2O5S/c1-11(10-26-12(2)21)17(24)19-15-7-13-5-3-4-6-14(13)8-20(18(15)25)9-16(22)23/h3-6,11,15H,7-10H2,1-2H3,(H,19,24)(H,22,23)/t11-,15?/m1/s1. The highest BCUT2D eigenvalue weighted by Gasteiger charge is 2.32. The van der Waals surface area contributed by atoms with Crippen LogP contribution in [0.15, 0.2) is 24.3 Å². The number of carbonyl (C=O) groups is 4. The molecule has 0 radical (unpaired) electrons. The van der Waals surface area contributed by atoms with Gasteiger partial charge in [0.25, 0.3) is 0 Å². The van der Waals surface area contributed by atoms with Gasteiger partial charge in [-0.15, -0.1) is 0 Å². The lowest BCUT2D eigenvalue weighted by atomic mass is 10.0. The fraction of sp³-hybridized carbons (Fsp3) is 0.444. The predicted octanol–water partition coefficient (Wildman–Crippen LogP) is 1.06. The average molecular weight is 378 g/mol. The van der Waals surface area contributed by atoms with Crippen molar-refractivity contribution in [1.29, 1.82) is 0 Å². The Labute approximate surface area is 156 Å². The van der Waals surface area contributed by atoms with Gasteiger partial charge in [-0.05, 0) is 11.1 Å². The van der Waals surface area contributed by atoms with Gasteiger partial charge in [0.05, 0.1) is 0 Å². The molecule has 0 aromatic heterocycles. The van der Waals surface area contributed by atoms with Gasteiger partial charge in [-0.25, -0.2) is 0 Å². The van der Waals surface area contributed by atoms with E-state index >= 15 is 0 Å². The second kappa shape index (κ2) is 8.84. The van der Waals surface area contributed by atoms with Crippen molar-refractivity contribution in [3.05, 3.63) is 35.4 Å². The van der Waals surface area contributed by atoms with Crippen molar-refractivity contribution in [2.45, 2.75) is 32.9 Å². The highest BCUT2D eigenvalue weighted by molar-refractivity contribution is 8.13. The molecule has 8 heteroatoms. The molecule has 1 heterocycles. The molecule has 0 spiro atoms. The van der Waals surface area contributed by atoms with Crippen molar-refractivity contribution in [3.63, 3.8) is 0 Å². The number of rotatable bonds is 6. The summed E-state index contributed by atoms with van der Waals surface area (Å²) in [5, 5.41) is 11.7. The topological polar surface area (TPSA) is 104 Å². The largest absolute Gasteiger partial charge is 0.480 e. The van der Waals surface area contributed by atoms with E-state index in [4.69, 9.17) is 5.11 Å². The third-order valence-electron chi connectivity index (χ3n) is 4.14. The fourth-order valence-corrected chi connectivity index (χ4v) is 3.40. The molecule has 2 atom stereocenters. The van der Waals surface area contributed by atoms with Crippen LogP contribution in [0.5, 0.6) is 0 Å². The molecule has 0 aliphatic carbocycles. The van der Waals surface area contributed by atoms with Crippen molar-refractivity contribution < 1.29 is 24.3 Å². The number of aliphatic carboxylic acids is 1. The van der Waals surface area contributed by atoms with E-state index in [9.17, 15) is 19.2 Å². The molecule has 2 rings (SSSR count). The van der Waals surface area contributed by atoms with Gasteiger partial charge in [0, 0.05) is 31.6 Å². The number of amides is 2. The first-order valence-electron chi connectivity index (χ1n) is 8.29. The third-order valence-corrected chi connectivity index (χ3v) is 5.21. The van der Waals surface area contributed by atoms with Crippen molar-refractivity contribution >= 4 is 34.7 Å². The molecule has 1 aliphatic rings. The molecule has 0 saturated carbocycles. The lowest BCUT2D eigenvalue weighted by Gasteiger charge is -2.24. The van der Waals surface area contributed by atoms with Gasteiger partial charge >= 0.3 is 5.97 Å². The summed E-state index contributed by atoms with van der Waals surface area (Å²) in [6.45, 7) is 2.90. The summed E-state index contributed by atoms with van der Waals surface area (Å²) in [5.74, 6) is -1.95. The first-order valence-corrected chi connectivity index (χ1v) is 9.27. The molecule has 0 saturated heterocycles. The smallest absolute Gasteiger partial charge is 0.323 e. The van der Waals surface area contributed by atoms with Gasteiger partial charge in [-0.2, -0.15) is 0 Å². The van der Waals surface area contributed by atoms with Crippen molar-refractivity contribution in [3.8, 4) is 0 Å². The van der Waals surface area contributed by atoms with Crippen molar-refractivity contribution in [2.75, 3.05) is 12.3 Å². The van der Waals surface area contributed by atoms with Crippen LogP contribution in [0.3, 0.4) is 0 Å². The Morgan fingerprint density at radius 3 is 2.58 bits per heavy atom. The highest BCUT2D eigenvalue weighted by Crippen LogP contribution is 2.20. The van der Waals surface area contributed by atoms with Crippen LogP contribution >= 0.6 is 11.8 Å². The van der Waals surface area contributed by atoms with E-state index in [1.54, 1.807) is 6.92 Å². The van der Waals surface area contributed by atoms with Gasteiger partial charge in [-0.3, -0.25) is 19.2 Å². The maximum Gasteiger partial charge on any atom is 0.323 e. The zero-order valence-electron chi connectivity index (χ0n) is 14.7. The van der Waals surface area contributed by atoms with E-state index in [0.29, 0.717) is 12.2 Å². The Hall–Kier alpha value is -2.35. The molecule has 26 heavy (non-hydrogen) atoms. The minimum absolute atomic E-state index is 0.0725. The number of carboxylic acids is 1. The molecule has 1 unspecified atom stereocenters. The van der Waals surface area contributed by atoms with Gasteiger partial charge in [0.15, 0.2) is 5.12 Å². The fourth-order valence-electron chi connectivity index (χ4n) is 2.76. The summed E-state index contributed by atoms with van der Waals surface area (Å²) in [6, 6.07) is 6.59. The first kappa shape index (κ1) is 20.0. The van der Waals surface area contributed by atoms with Crippen molar-refractivity contribution in [1.82, 2.24) is 10.2 Å². The molecule has 1 aliphatic heterocycles. The van der Waals surface area contributed by atoms with E-state index in [1.165, 1.54) is 11.8 Å². The Morgan fingerprint density at radius 2 is 1.96 bits per heavy atom. The summed E-state index contributed by atoms with van der Waals surface area (Å²) in [5.41, 5.74) is 1.78. The molecule has 0 fully saturated rings. The Bertz CT molecular complexity index is 721. The van der Waals surface area contributed by atoms with Crippen LogP contribution in [0.2, 0.25) is 0 Å². The number of fused-ring (bicyclic) bond motifs is 1. The van der Waals surface area contributed by atoms with E-state index in [1.807, 2.05) is 24.3 Å². The first-order chi connectivity index (χ1) is 12.3. The molecule has 1 aromatic rings. The number of carbonyl (C=O) groups excluding carboxylic acids is 3. The minimum atomic E-state index is -1.10. The number of benzene rings is 1. The third kappa shape index (κ3) is 5.32. The average Bonchev–Trinajstić information content (AvgIpc) is 2.70. The number of thioether (sulfide) groups is 1. The molecule has 140 valence electrons. The number of hydrogen-bond acceptors (Lipinski definition) is 5. The number of carboxylic acid groups (broad SMARTS) is 1. The van der Waals surface area contributed by atoms with Crippen LogP contribution in [0.4, 0.5) is 0 Å². The molecule has 2 amide bonds. The molecular formula is C18H22N2O5S. The van der Waals surface area contributed by atoms with Crippen LogP contribution in [0, 0.1) is 5.92 Å². The maximum atomic E-state index is 12.8. The lowest BCUT2D eigenvalue weighted by Crippen LogP contribution is -2.50. The highest BCUT2D eigenvalue weighted by atomic mass is 32.2. The van der Waals surface area contributed by atoms with Crippen LogP contribution < -0.4 is 5.32 Å². The summed E-state index contributed by atoms with van der Waals surface area (Å²) < 4.78 is 0. The quantitative estimate of drug-likeness (QED) is 0.767. The van der Waals surface area contributed by atoms with Crippen LogP contribution in [0.1, 0.15) is 25.0 Å². The van der Waals surface area contributed by atoms with Gasteiger partial charge < -0.3 is 15.3 Å². The van der Waals surface area contributed by atoms with E-state index in [-0.39, 0.29) is 17.6 Å². The number of nitrogens with zero attached hydrogens (tertiary/aromatic N) is 1. The van der Waals surface area contributed by atoms with Gasteiger partial charge in [0.1, 0.15) is 12.6 Å². The Balaban J connectivity index is 2.17. The lowest BCUT2D eigenvalue weighted by molar-refractivity contribution is -0.146. The Kier molecular flexibility index (Phi) is 6.79. The predicted molar refractivity (Wildman–Crippen MR) is 97.4 cm³/mol. The SMILES string of the molecule is CC(=O)SC[C@@H](C)C(=O)NC1Cc2ccccc2CN(CC(=O)O)C1=O. The molecule has 1 aromatic carbocycles. The summed E-state index contributed by atoms with van der Waals surface area (Å²) in [4.78, 5) is 48.6. The summed E-state index contributed by atoms with van der Waals surface area (Å²) >= 11 is 1.06. The normalized spacial score (nSPS) is 17.8. The maximum absolute atomic E-state index is 12.8. The van der Waals surface area contributed by atoms with Gasteiger partial charge in [-0.1, -0.05) is 43.0 Å². The molecular weight excluding hydrogens is 356 g/mol.